The number of aryl methyl sites for hydroxylation is 1. The van der Waals surface area contributed by atoms with Gasteiger partial charge < -0.3 is 14.4 Å². The highest BCUT2D eigenvalue weighted by Crippen LogP contribution is 2.33. The van der Waals surface area contributed by atoms with Gasteiger partial charge in [-0.05, 0) is 37.3 Å². The van der Waals surface area contributed by atoms with Gasteiger partial charge in [0.1, 0.15) is 0 Å². The summed E-state index contributed by atoms with van der Waals surface area (Å²) in [7, 11) is 0. The maximum Gasteiger partial charge on any atom is 0.416 e. The number of piperazine rings is 1. The van der Waals surface area contributed by atoms with Gasteiger partial charge in [0.15, 0.2) is 0 Å². The number of carbonyl (C=O) groups excluding carboxylic acids is 1. The molecule has 0 atom stereocenters. The molecule has 0 bridgehead atoms. The van der Waals surface area contributed by atoms with E-state index in [-0.39, 0.29) is 11.5 Å². The third-order valence-corrected chi connectivity index (χ3v) is 7.44. The predicted octanol–water partition coefficient (Wildman–Crippen LogP) is 5.22. The number of halogens is 3. The van der Waals surface area contributed by atoms with E-state index in [0.29, 0.717) is 48.7 Å². The molecule has 9 heteroatoms. The van der Waals surface area contributed by atoms with E-state index in [0.717, 1.165) is 27.7 Å². The van der Waals surface area contributed by atoms with Crippen molar-refractivity contribution in [1.29, 1.82) is 0 Å². The minimum absolute atomic E-state index is 0.110. The Morgan fingerprint density at radius 1 is 0.971 bits per heavy atom. The van der Waals surface area contributed by atoms with E-state index in [9.17, 15) is 22.8 Å². The Morgan fingerprint density at radius 3 is 2.41 bits per heavy atom. The van der Waals surface area contributed by atoms with Gasteiger partial charge in [0.2, 0.25) is 0 Å². The highest BCUT2D eigenvalue weighted by molar-refractivity contribution is 7.21. The number of thiophene rings is 1. The zero-order valence-corrected chi connectivity index (χ0v) is 19.2. The number of pyridine rings is 1. The average molecular weight is 486 g/mol. The van der Waals surface area contributed by atoms with Gasteiger partial charge in [-0.15, -0.1) is 11.3 Å². The Labute approximate surface area is 197 Å². The molecule has 1 aliphatic heterocycles. The van der Waals surface area contributed by atoms with Crippen molar-refractivity contribution in [2.45, 2.75) is 19.6 Å². The van der Waals surface area contributed by atoms with E-state index >= 15 is 0 Å². The Balaban J connectivity index is 1.39. The van der Waals surface area contributed by atoms with Crippen LogP contribution in [0.3, 0.4) is 0 Å². The number of fused-ring (bicyclic) bond motifs is 3. The minimum Gasteiger partial charge on any atom is -0.368 e. The molecule has 4 aromatic rings. The summed E-state index contributed by atoms with van der Waals surface area (Å²) < 4.78 is 41.7. The lowest BCUT2D eigenvalue weighted by Crippen LogP contribution is -2.48. The molecule has 176 valence electrons. The van der Waals surface area contributed by atoms with E-state index in [2.05, 4.69) is 0 Å². The second-order valence-electron chi connectivity index (χ2n) is 8.25. The largest absolute Gasteiger partial charge is 0.416 e. The van der Waals surface area contributed by atoms with Crippen LogP contribution in [0.25, 0.3) is 21.0 Å². The Bertz CT molecular complexity index is 1450. The van der Waals surface area contributed by atoms with Gasteiger partial charge in [-0.25, -0.2) is 0 Å². The molecule has 2 aromatic heterocycles. The number of alkyl halides is 3. The van der Waals surface area contributed by atoms with Crippen molar-refractivity contribution >= 4 is 43.9 Å². The van der Waals surface area contributed by atoms with E-state index in [4.69, 9.17) is 0 Å². The zero-order chi connectivity index (χ0) is 24.0. The maximum atomic E-state index is 13.3. The number of carbonyl (C=O) groups is 1. The van der Waals surface area contributed by atoms with Gasteiger partial charge in [-0.3, -0.25) is 9.59 Å². The van der Waals surface area contributed by atoms with Crippen molar-refractivity contribution in [3.63, 3.8) is 0 Å². The van der Waals surface area contributed by atoms with Gasteiger partial charge in [0.25, 0.3) is 11.5 Å². The second kappa shape index (κ2) is 8.47. The van der Waals surface area contributed by atoms with E-state index in [1.165, 1.54) is 17.4 Å². The summed E-state index contributed by atoms with van der Waals surface area (Å²) in [4.78, 5) is 30.4. The summed E-state index contributed by atoms with van der Waals surface area (Å²) >= 11 is 1.32. The molecule has 1 amide bonds. The summed E-state index contributed by atoms with van der Waals surface area (Å²) in [6, 6.07) is 14.6. The topological polar surface area (TPSA) is 45.6 Å². The second-order valence-corrected chi connectivity index (χ2v) is 9.30. The number of anilines is 1. The molecule has 0 saturated carbocycles. The van der Waals surface area contributed by atoms with Crippen LogP contribution in [0.1, 0.15) is 22.2 Å². The summed E-state index contributed by atoms with van der Waals surface area (Å²) in [6.07, 6.45) is -4.39. The molecule has 0 spiro atoms. The van der Waals surface area contributed by atoms with Gasteiger partial charge in [-0.1, -0.05) is 24.3 Å². The molecule has 1 aliphatic rings. The van der Waals surface area contributed by atoms with Crippen LogP contribution in [0.5, 0.6) is 0 Å². The molecule has 5 nitrogen and oxygen atoms in total. The normalized spacial score (nSPS) is 14.8. The van der Waals surface area contributed by atoms with E-state index in [1.54, 1.807) is 21.6 Å². The molecule has 0 unspecified atom stereocenters. The first kappa shape index (κ1) is 22.5. The first-order chi connectivity index (χ1) is 16.3. The van der Waals surface area contributed by atoms with E-state index < -0.39 is 11.7 Å². The number of amides is 1. The Morgan fingerprint density at radius 2 is 1.71 bits per heavy atom. The highest BCUT2D eigenvalue weighted by Gasteiger charge is 2.31. The van der Waals surface area contributed by atoms with Crippen molar-refractivity contribution in [1.82, 2.24) is 9.47 Å². The summed E-state index contributed by atoms with van der Waals surface area (Å²) in [5.41, 5.74) is 0.549. The van der Waals surface area contributed by atoms with Gasteiger partial charge in [0.05, 0.1) is 21.3 Å². The van der Waals surface area contributed by atoms with Crippen LogP contribution in [0.15, 0.2) is 59.4 Å². The molecule has 1 saturated heterocycles. The first-order valence-corrected chi connectivity index (χ1v) is 11.9. The predicted molar refractivity (Wildman–Crippen MR) is 129 cm³/mol. The molecule has 3 heterocycles. The van der Waals surface area contributed by atoms with Gasteiger partial charge in [0, 0.05) is 48.5 Å². The average Bonchev–Trinajstić information content (AvgIpc) is 3.30. The smallest absolute Gasteiger partial charge is 0.368 e. The minimum atomic E-state index is -4.39. The standard InChI is InChI=1S/C25H22F3N3O2S/c1-2-31-20-9-4-3-8-18(20)22-19(23(31)32)15-21(34-22)24(33)30-12-10-29(11-13-30)17-7-5-6-16(14-17)25(26,27)28/h3-9,14-15H,2,10-13H2,1H3. The van der Waals surface area contributed by atoms with Gasteiger partial charge >= 0.3 is 6.18 Å². The van der Waals surface area contributed by atoms with Crippen LogP contribution in [0.2, 0.25) is 0 Å². The summed E-state index contributed by atoms with van der Waals surface area (Å²) in [5, 5.41) is 1.48. The molecule has 0 N–H and O–H groups in total. The fourth-order valence-electron chi connectivity index (χ4n) is 4.53. The number of nitrogens with zero attached hydrogens (tertiary/aromatic N) is 3. The third-order valence-electron chi connectivity index (χ3n) is 6.28. The lowest BCUT2D eigenvalue weighted by molar-refractivity contribution is -0.137. The van der Waals surface area contributed by atoms with Crippen LogP contribution < -0.4 is 10.5 Å². The summed E-state index contributed by atoms with van der Waals surface area (Å²) in [6.45, 7) is 4.10. The number of hydrogen-bond acceptors (Lipinski definition) is 4. The van der Waals surface area contributed by atoms with Crippen LogP contribution in [-0.4, -0.2) is 41.6 Å². The molecule has 5 rings (SSSR count). The molecule has 1 fully saturated rings. The number of aromatic nitrogens is 1. The van der Waals surface area contributed by atoms with Crippen molar-refractivity contribution in [3.05, 3.63) is 75.4 Å². The molecular formula is C25H22F3N3O2S. The fourth-order valence-corrected chi connectivity index (χ4v) is 5.68. The fraction of sp³-hybridized carbons (Fsp3) is 0.280. The van der Waals surface area contributed by atoms with Crippen LogP contribution in [0, 0.1) is 0 Å². The van der Waals surface area contributed by atoms with Crippen LogP contribution in [0.4, 0.5) is 18.9 Å². The number of benzene rings is 2. The van der Waals surface area contributed by atoms with Crippen LogP contribution >= 0.6 is 11.3 Å². The summed E-state index contributed by atoms with van der Waals surface area (Å²) in [5.74, 6) is -0.156. The quantitative estimate of drug-likeness (QED) is 0.400. The molecule has 34 heavy (non-hydrogen) atoms. The highest BCUT2D eigenvalue weighted by atomic mass is 32.1. The van der Waals surface area contributed by atoms with Crippen molar-refractivity contribution in [2.24, 2.45) is 0 Å². The number of rotatable bonds is 3. The third kappa shape index (κ3) is 3.83. The molecule has 2 aromatic carbocycles. The van der Waals surface area contributed by atoms with Crippen molar-refractivity contribution in [3.8, 4) is 0 Å². The van der Waals surface area contributed by atoms with Crippen molar-refractivity contribution < 1.29 is 18.0 Å². The lowest BCUT2D eigenvalue weighted by Gasteiger charge is -2.36. The Kier molecular flexibility index (Phi) is 5.59. The SMILES string of the molecule is CCn1c(=O)c2cc(C(=O)N3CCN(c4cccc(C(F)(F)F)c4)CC3)sc2c2ccccc21. The van der Waals surface area contributed by atoms with Crippen LogP contribution in [-0.2, 0) is 12.7 Å². The Hall–Kier alpha value is -3.33. The van der Waals surface area contributed by atoms with Crippen molar-refractivity contribution in [2.75, 3.05) is 31.1 Å². The molecular weight excluding hydrogens is 463 g/mol. The molecule has 0 aliphatic carbocycles. The monoisotopic (exact) mass is 485 g/mol. The molecule has 0 radical (unpaired) electrons. The lowest BCUT2D eigenvalue weighted by atomic mass is 10.1. The number of para-hydroxylation sites is 1. The first-order valence-electron chi connectivity index (χ1n) is 11.0. The zero-order valence-electron chi connectivity index (χ0n) is 18.4. The van der Waals surface area contributed by atoms with E-state index in [1.807, 2.05) is 36.1 Å². The van der Waals surface area contributed by atoms with Gasteiger partial charge in [-0.2, -0.15) is 13.2 Å². The number of hydrogen-bond donors (Lipinski definition) is 0. The maximum absolute atomic E-state index is 13.3.